The summed E-state index contributed by atoms with van der Waals surface area (Å²) in [5, 5.41) is 7.68. The van der Waals surface area contributed by atoms with E-state index in [0.717, 1.165) is 22.3 Å². The average Bonchev–Trinajstić information content (AvgIpc) is 3.52. The number of rotatable bonds is 6. The van der Waals surface area contributed by atoms with Crippen LogP contribution in [0.3, 0.4) is 0 Å². The van der Waals surface area contributed by atoms with Gasteiger partial charge in [0.2, 0.25) is 5.91 Å². The summed E-state index contributed by atoms with van der Waals surface area (Å²) in [6, 6.07) is 21.2. The number of nitrogens with zero attached hydrogens (tertiary/aromatic N) is 3. The molecule has 35 heavy (non-hydrogen) atoms. The van der Waals surface area contributed by atoms with Crippen molar-refractivity contribution in [3.8, 4) is 11.5 Å². The third kappa shape index (κ3) is 4.14. The summed E-state index contributed by atoms with van der Waals surface area (Å²) < 4.78 is 7.12. The Morgan fingerprint density at radius 3 is 2.37 bits per heavy atom. The highest BCUT2D eigenvalue weighted by atomic mass is 16.3. The Kier molecular flexibility index (Phi) is 5.76. The molecule has 0 saturated heterocycles. The first-order valence-electron chi connectivity index (χ1n) is 11.7. The molecule has 5 rings (SSSR count). The molecule has 1 atom stereocenters. The third-order valence-corrected chi connectivity index (χ3v) is 6.85. The van der Waals surface area contributed by atoms with Gasteiger partial charge < -0.3 is 14.6 Å². The van der Waals surface area contributed by atoms with Crippen molar-refractivity contribution in [3.63, 3.8) is 0 Å². The zero-order chi connectivity index (χ0) is 24.6. The van der Waals surface area contributed by atoms with Crippen molar-refractivity contribution < 1.29 is 14.0 Å². The molecule has 3 heterocycles. The molecule has 0 spiro atoms. The molecule has 0 bridgehead atoms. The van der Waals surface area contributed by atoms with Gasteiger partial charge >= 0.3 is 0 Å². The summed E-state index contributed by atoms with van der Waals surface area (Å²) in [5.41, 5.74) is 4.08. The van der Waals surface area contributed by atoms with E-state index in [4.69, 9.17) is 4.42 Å². The second-order valence-corrected chi connectivity index (χ2v) is 9.25. The zero-order valence-corrected chi connectivity index (χ0v) is 20.1. The van der Waals surface area contributed by atoms with Gasteiger partial charge in [0.25, 0.3) is 5.91 Å². The second kappa shape index (κ2) is 8.91. The summed E-state index contributed by atoms with van der Waals surface area (Å²) in [6.45, 7) is 6.79. The number of aromatic nitrogens is 2. The first-order valence-corrected chi connectivity index (χ1v) is 11.7. The predicted octanol–water partition coefficient (Wildman–Crippen LogP) is 4.49. The van der Waals surface area contributed by atoms with Gasteiger partial charge in [-0.3, -0.25) is 14.3 Å². The first kappa shape index (κ1) is 22.7. The number of benzene rings is 2. The lowest BCUT2D eigenvalue weighted by atomic mass is 9.93. The van der Waals surface area contributed by atoms with E-state index < -0.39 is 5.54 Å². The lowest BCUT2D eigenvalue weighted by Gasteiger charge is -2.43. The number of fused-ring (bicyclic) bond motifs is 1. The first-order chi connectivity index (χ1) is 16.9. The molecule has 2 amide bonds. The number of carbonyl (C=O) groups is 2. The molecule has 178 valence electrons. The minimum atomic E-state index is -1.14. The van der Waals surface area contributed by atoms with E-state index in [9.17, 15) is 9.59 Å². The summed E-state index contributed by atoms with van der Waals surface area (Å²) in [4.78, 5) is 29.2. The van der Waals surface area contributed by atoms with E-state index in [1.807, 2.05) is 69.3 Å². The van der Waals surface area contributed by atoms with Gasteiger partial charge in [-0.05, 0) is 55.2 Å². The smallest absolute Gasteiger partial charge is 0.273 e. The van der Waals surface area contributed by atoms with Crippen LogP contribution in [-0.4, -0.2) is 32.0 Å². The fraction of sp³-hybridized carbons (Fsp3) is 0.250. The van der Waals surface area contributed by atoms with E-state index in [2.05, 4.69) is 10.4 Å². The SMILES string of the molecule is Cc1ccccc1CNC(=O)[C@]1(C)Cn2nc(-c3ccco3)cc2C(=O)N1Cc1ccccc1C. The molecule has 2 aromatic heterocycles. The highest BCUT2D eigenvalue weighted by Crippen LogP contribution is 2.32. The molecule has 0 aliphatic carbocycles. The zero-order valence-electron chi connectivity index (χ0n) is 20.1. The van der Waals surface area contributed by atoms with Crippen LogP contribution in [0.1, 0.15) is 39.7 Å². The highest BCUT2D eigenvalue weighted by molar-refractivity contribution is 6.00. The van der Waals surface area contributed by atoms with Crippen molar-refractivity contribution in [3.05, 3.63) is 101 Å². The van der Waals surface area contributed by atoms with Crippen LogP contribution >= 0.6 is 0 Å². The minimum absolute atomic E-state index is 0.219. The lowest BCUT2D eigenvalue weighted by molar-refractivity contribution is -0.133. The van der Waals surface area contributed by atoms with Crippen LogP contribution in [-0.2, 0) is 24.4 Å². The number of amides is 2. The van der Waals surface area contributed by atoms with Crippen molar-refractivity contribution in [2.75, 3.05) is 0 Å². The van der Waals surface area contributed by atoms with Crippen molar-refractivity contribution >= 4 is 11.8 Å². The van der Waals surface area contributed by atoms with Crippen LogP contribution in [0.2, 0.25) is 0 Å². The van der Waals surface area contributed by atoms with Crippen molar-refractivity contribution in [1.29, 1.82) is 0 Å². The van der Waals surface area contributed by atoms with Gasteiger partial charge in [-0.15, -0.1) is 0 Å². The Balaban J connectivity index is 1.51. The normalized spacial score (nSPS) is 17.3. The van der Waals surface area contributed by atoms with Crippen LogP contribution in [0.4, 0.5) is 0 Å². The molecule has 0 fully saturated rings. The van der Waals surface area contributed by atoms with Gasteiger partial charge in [0, 0.05) is 19.2 Å². The molecule has 4 aromatic rings. The maximum Gasteiger partial charge on any atom is 0.273 e. The van der Waals surface area contributed by atoms with Crippen LogP contribution < -0.4 is 5.32 Å². The Bertz CT molecular complexity index is 1390. The maximum absolute atomic E-state index is 13.8. The van der Waals surface area contributed by atoms with E-state index >= 15 is 0 Å². The van der Waals surface area contributed by atoms with Gasteiger partial charge in [-0.1, -0.05) is 48.5 Å². The van der Waals surface area contributed by atoms with Gasteiger partial charge in [0.15, 0.2) is 5.76 Å². The van der Waals surface area contributed by atoms with E-state index in [0.29, 0.717) is 30.2 Å². The standard InChI is InChI=1S/C28H28N4O3/c1-19-9-4-6-11-21(19)16-29-27(34)28(3)18-32-24(15-23(30-32)25-13-8-14-35-25)26(33)31(28)17-22-12-7-5-10-20(22)2/h4-15H,16-18H2,1-3H3,(H,29,34)/t28-/m0/s1. The summed E-state index contributed by atoms with van der Waals surface area (Å²) in [5.74, 6) is 0.123. The topological polar surface area (TPSA) is 80.4 Å². The largest absolute Gasteiger partial charge is 0.463 e. The minimum Gasteiger partial charge on any atom is -0.463 e. The molecular weight excluding hydrogens is 440 g/mol. The van der Waals surface area contributed by atoms with E-state index in [1.165, 1.54) is 0 Å². The maximum atomic E-state index is 13.8. The van der Waals surface area contributed by atoms with Gasteiger partial charge in [-0.25, -0.2) is 0 Å². The molecule has 1 N–H and O–H groups in total. The molecule has 0 unspecified atom stereocenters. The van der Waals surface area contributed by atoms with Crippen LogP contribution in [0.15, 0.2) is 77.4 Å². The third-order valence-electron chi connectivity index (χ3n) is 6.85. The molecule has 7 nitrogen and oxygen atoms in total. The van der Waals surface area contributed by atoms with Gasteiger partial charge in [0.1, 0.15) is 16.9 Å². The van der Waals surface area contributed by atoms with Gasteiger partial charge in [0.05, 0.1) is 12.8 Å². The quantitative estimate of drug-likeness (QED) is 0.452. The van der Waals surface area contributed by atoms with Gasteiger partial charge in [-0.2, -0.15) is 5.10 Å². The molecular formula is C28H28N4O3. The molecule has 0 saturated carbocycles. The number of hydrogen-bond donors (Lipinski definition) is 1. The van der Waals surface area contributed by atoms with Crippen molar-refractivity contribution in [2.24, 2.45) is 0 Å². The molecule has 2 aromatic carbocycles. The Hall–Kier alpha value is -4.13. The lowest BCUT2D eigenvalue weighted by Crippen LogP contribution is -2.63. The summed E-state index contributed by atoms with van der Waals surface area (Å²) in [6.07, 6.45) is 1.57. The Labute approximate surface area is 204 Å². The Morgan fingerprint density at radius 2 is 1.71 bits per heavy atom. The average molecular weight is 469 g/mol. The molecule has 1 aliphatic heterocycles. The van der Waals surface area contributed by atoms with Crippen molar-refractivity contribution in [2.45, 2.75) is 45.9 Å². The van der Waals surface area contributed by atoms with Crippen LogP contribution in [0.25, 0.3) is 11.5 Å². The summed E-state index contributed by atoms with van der Waals surface area (Å²) in [7, 11) is 0. The van der Waals surface area contributed by atoms with E-state index in [-0.39, 0.29) is 18.4 Å². The predicted molar refractivity (Wildman–Crippen MR) is 132 cm³/mol. The number of nitrogens with one attached hydrogen (secondary N) is 1. The number of aryl methyl sites for hydroxylation is 2. The fourth-order valence-electron chi connectivity index (χ4n) is 4.57. The highest BCUT2D eigenvalue weighted by Gasteiger charge is 2.48. The van der Waals surface area contributed by atoms with E-state index in [1.54, 1.807) is 34.0 Å². The summed E-state index contributed by atoms with van der Waals surface area (Å²) >= 11 is 0. The monoisotopic (exact) mass is 468 g/mol. The molecule has 1 aliphatic rings. The Morgan fingerprint density at radius 1 is 1.03 bits per heavy atom. The van der Waals surface area contributed by atoms with Crippen LogP contribution in [0, 0.1) is 13.8 Å². The number of hydrogen-bond acceptors (Lipinski definition) is 4. The fourth-order valence-corrected chi connectivity index (χ4v) is 4.57. The van der Waals surface area contributed by atoms with Crippen LogP contribution in [0.5, 0.6) is 0 Å². The van der Waals surface area contributed by atoms with Crippen molar-refractivity contribution in [1.82, 2.24) is 20.0 Å². The molecule has 7 heteroatoms. The molecule has 0 radical (unpaired) electrons. The second-order valence-electron chi connectivity index (χ2n) is 9.25. The number of carbonyl (C=O) groups excluding carboxylic acids is 2. The number of furan rings is 1.